The van der Waals surface area contributed by atoms with Crippen LogP contribution in [0.3, 0.4) is 0 Å². The van der Waals surface area contributed by atoms with Crippen LogP contribution in [0.2, 0.25) is 5.02 Å². The van der Waals surface area contributed by atoms with Gasteiger partial charge < -0.3 is 10.6 Å². The Kier molecular flexibility index (Phi) is 6.41. The van der Waals surface area contributed by atoms with Gasteiger partial charge in [-0.3, -0.25) is 14.4 Å². The molecule has 0 aliphatic carbocycles. The quantitative estimate of drug-likeness (QED) is 0.437. The van der Waals surface area contributed by atoms with Gasteiger partial charge in [0.2, 0.25) is 0 Å². The average Bonchev–Trinajstić information content (AvgIpc) is 3.01. The molecule has 0 spiro atoms. The summed E-state index contributed by atoms with van der Waals surface area (Å²) in [6.07, 6.45) is 0. The number of rotatable bonds is 5. The number of amides is 3. The predicted molar refractivity (Wildman–Crippen MR) is 131 cm³/mol. The molecule has 2 N–H and O–H groups in total. The Balaban J connectivity index is 1.54. The smallest absolute Gasteiger partial charge is 0.283 e. The number of halogens is 3. The molecule has 0 unspecified atom stereocenters. The van der Waals surface area contributed by atoms with Gasteiger partial charge in [0.05, 0.1) is 10.7 Å². The molecular formula is C25H18Cl2FN3O3. The molecule has 9 heteroatoms. The Labute approximate surface area is 205 Å². The molecule has 3 amide bonds. The van der Waals surface area contributed by atoms with Gasteiger partial charge in [0.1, 0.15) is 16.5 Å². The molecule has 1 aliphatic heterocycles. The van der Waals surface area contributed by atoms with E-state index in [9.17, 15) is 18.8 Å². The number of benzene rings is 3. The maximum atomic E-state index is 13.3. The minimum absolute atomic E-state index is 0.0900. The van der Waals surface area contributed by atoms with E-state index in [-0.39, 0.29) is 21.3 Å². The van der Waals surface area contributed by atoms with E-state index < -0.39 is 23.5 Å². The number of carbonyl (C=O) groups is 3. The van der Waals surface area contributed by atoms with Crippen molar-refractivity contribution < 1.29 is 18.8 Å². The summed E-state index contributed by atoms with van der Waals surface area (Å²) in [5, 5.41) is 5.11. The number of imide groups is 1. The van der Waals surface area contributed by atoms with Crippen LogP contribution in [0.4, 0.5) is 21.5 Å². The average molecular weight is 498 g/mol. The first-order chi connectivity index (χ1) is 16.2. The number of anilines is 3. The summed E-state index contributed by atoms with van der Waals surface area (Å²) < 4.78 is 13.3. The van der Waals surface area contributed by atoms with Crippen LogP contribution in [-0.2, 0) is 9.59 Å². The SMILES string of the molecule is Cc1ccc(N2C(=O)C(Cl)=C(Nc3cccc(C(=O)Nc4ccc(F)c(Cl)c4)c3)C2=O)cc1C. The van der Waals surface area contributed by atoms with Gasteiger partial charge in [-0.2, -0.15) is 0 Å². The van der Waals surface area contributed by atoms with Crippen LogP contribution in [0.25, 0.3) is 0 Å². The summed E-state index contributed by atoms with van der Waals surface area (Å²) in [5.41, 5.74) is 3.23. The fourth-order valence-electron chi connectivity index (χ4n) is 3.37. The van der Waals surface area contributed by atoms with E-state index in [4.69, 9.17) is 23.2 Å². The maximum Gasteiger partial charge on any atom is 0.283 e. The number of nitrogens with one attached hydrogen (secondary N) is 2. The highest BCUT2D eigenvalue weighted by molar-refractivity contribution is 6.53. The number of aryl methyl sites for hydroxylation is 2. The summed E-state index contributed by atoms with van der Waals surface area (Å²) >= 11 is 12.0. The Morgan fingerprint density at radius 2 is 1.65 bits per heavy atom. The van der Waals surface area contributed by atoms with Gasteiger partial charge in [0.25, 0.3) is 17.7 Å². The molecule has 0 atom stereocenters. The molecule has 3 aromatic carbocycles. The van der Waals surface area contributed by atoms with Gasteiger partial charge in [-0.15, -0.1) is 0 Å². The molecule has 0 aromatic heterocycles. The van der Waals surface area contributed by atoms with Crippen LogP contribution in [0, 0.1) is 19.7 Å². The zero-order chi connectivity index (χ0) is 24.6. The third-order valence-electron chi connectivity index (χ3n) is 5.35. The molecule has 6 nitrogen and oxygen atoms in total. The molecule has 1 heterocycles. The highest BCUT2D eigenvalue weighted by atomic mass is 35.5. The summed E-state index contributed by atoms with van der Waals surface area (Å²) in [4.78, 5) is 39.4. The fraction of sp³-hybridized carbons (Fsp3) is 0.0800. The fourth-order valence-corrected chi connectivity index (χ4v) is 3.76. The molecule has 0 fully saturated rings. The van der Waals surface area contributed by atoms with Crippen molar-refractivity contribution in [3.05, 3.63) is 98.9 Å². The lowest BCUT2D eigenvalue weighted by Crippen LogP contribution is -2.32. The minimum atomic E-state index is -0.639. The summed E-state index contributed by atoms with van der Waals surface area (Å²) in [5.74, 6) is -2.31. The van der Waals surface area contributed by atoms with Gasteiger partial charge in [-0.1, -0.05) is 35.3 Å². The summed E-state index contributed by atoms with van der Waals surface area (Å²) in [7, 11) is 0. The first kappa shape index (κ1) is 23.5. The van der Waals surface area contributed by atoms with E-state index in [2.05, 4.69) is 10.6 Å². The first-order valence-electron chi connectivity index (χ1n) is 10.1. The second-order valence-electron chi connectivity index (χ2n) is 7.69. The Morgan fingerprint density at radius 3 is 2.35 bits per heavy atom. The van der Waals surface area contributed by atoms with E-state index in [1.807, 2.05) is 19.9 Å². The van der Waals surface area contributed by atoms with E-state index in [0.717, 1.165) is 22.1 Å². The molecule has 172 valence electrons. The molecule has 0 saturated carbocycles. The lowest BCUT2D eigenvalue weighted by Gasteiger charge is -2.16. The zero-order valence-electron chi connectivity index (χ0n) is 18.1. The second-order valence-corrected chi connectivity index (χ2v) is 8.48. The van der Waals surface area contributed by atoms with Gasteiger partial charge in [-0.25, -0.2) is 9.29 Å². The molecule has 0 bridgehead atoms. The van der Waals surface area contributed by atoms with Crippen molar-refractivity contribution in [2.24, 2.45) is 0 Å². The van der Waals surface area contributed by atoms with Gasteiger partial charge in [-0.05, 0) is 73.5 Å². The molecular weight excluding hydrogens is 480 g/mol. The highest BCUT2D eigenvalue weighted by Gasteiger charge is 2.39. The summed E-state index contributed by atoms with van der Waals surface area (Å²) in [6.45, 7) is 3.81. The van der Waals surface area contributed by atoms with Crippen molar-refractivity contribution in [3.63, 3.8) is 0 Å². The number of hydrogen-bond acceptors (Lipinski definition) is 4. The highest BCUT2D eigenvalue weighted by Crippen LogP contribution is 2.31. The van der Waals surface area contributed by atoms with Crippen LogP contribution in [-0.4, -0.2) is 17.7 Å². The molecule has 0 radical (unpaired) electrons. The van der Waals surface area contributed by atoms with Crippen molar-refractivity contribution >= 4 is 58.0 Å². The molecule has 3 aromatic rings. The van der Waals surface area contributed by atoms with Crippen molar-refractivity contribution in [2.75, 3.05) is 15.5 Å². The third-order valence-corrected chi connectivity index (χ3v) is 5.99. The third kappa shape index (κ3) is 4.53. The predicted octanol–water partition coefficient (Wildman–Crippen LogP) is 5.78. The molecule has 4 rings (SSSR count). The van der Waals surface area contributed by atoms with Crippen LogP contribution in [0.15, 0.2) is 71.4 Å². The van der Waals surface area contributed by atoms with Gasteiger partial charge >= 0.3 is 0 Å². The van der Waals surface area contributed by atoms with E-state index in [0.29, 0.717) is 17.1 Å². The molecule has 1 aliphatic rings. The first-order valence-corrected chi connectivity index (χ1v) is 10.9. The van der Waals surface area contributed by atoms with Crippen LogP contribution in [0.1, 0.15) is 21.5 Å². The number of carbonyl (C=O) groups excluding carboxylic acids is 3. The van der Waals surface area contributed by atoms with E-state index in [1.54, 1.807) is 30.3 Å². The normalized spacial score (nSPS) is 13.5. The van der Waals surface area contributed by atoms with Crippen molar-refractivity contribution in [1.82, 2.24) is 0 Å². The van der Waals surface area contributed by atoms with Crippen molar-refractivity contribution in [3.8, 4) is 0 Å². The Bertz CT molecular complexity index is 1390. The lowest BCUT2D eigenvalue weighted by atomic mass is 10.1. The van der Waals surface area contributed by atoms with Crippen LogP contribution < -0.4 is 15.5 Å². The molecule has 34 heavy (non-hydrogen) atoms. The zero-order valence-corrected chi connectivity index (χ0v) is 19.6. The number of nitrogens with zero attached hydrogens (tertiary/aromatic N) is 1. The van der Waals surface area contributed by atoms with Crippen molar-refractivity contribution in [1.29, 1.82) is 0 Å². The van der Waals surface area contributed by atoms with E-state index >= 15 is 0 Å². The topological polar surface area (TPSA) is 78.5 Å². The monoisotopic (exact) mass is 497 g/mol. The van der Waals surface area contributed by atoms with Gasteiger partial charge in [0.15, 0.2) is 0 Å². The number of hydrogen-bond donors (Lipinski definition) is 2. The van der Waals surface area contributed by atoms with Gasteiger partial charge in [0, 0.05) is 16.9 Å². The lowest BCUT2D eigenvalue weighted by molar-refractivity contribution is -0.120. The van der Waals surface area contributed by atoms with Crippen molar-refractivity contribution in [2.45, 2.75) is 13.8 Å². The second kappa shape index (κ2) is 9.29. The van der Waals surface area contributed by atoms with Crippen LogP contribution in [0.5, 0.6) is 0 Å². The van der Waals surface area contributed by atoms with E-state index in [1.165, 1.54) is 18.2 Å². The largest absolute Gasteiger partial charge is 0.350 e. The standard InChI is InChI=1S/C25H18Cl2FN3O3/c1-13-6-8-18(10-14(13)2)31-24(33)21(27)22(25(31)34)29-16-5-3-4-15(11-16)23(32)30-17-7-9-20(28)19(26)12-17/h3-12,29H,1-2H3,(H,30,32). The Morgan fingerprint density at radius 1 is 0.882 bits per heavy atom. The maximum absolute atomic E-state index is 13.3. The molecule has 0 saturated heterocycles. The summed E-state index contributed by atoms with van der Waals surface area (Å²) in [6, 6.07) is 15.4. The van der Waals surface area contributed by atoms with Crippen LogP contribution >= 0.6 is 23.2 Å². The Hall–Kier alpha value is -3.68. The minimum Gasteiger partial charge on any atom is -0.350 e.